The van der Waals surface area contributed by atoms with Gasteiger partial charge in [-0.25, -0.2) is 14.4 Å². The first-order valence-corrected chi connectivity index (χ1v) is 6.85. The molecule has 1 heterocycles. The zero-order valence-electron chi connectivity index (χ0n) is 11.5. The minimum atomic E-state index is -0.409. The molecule has 2 aromatic rings. The summed E-state index contributed by atoms with van der Waals surface area (Å²) in [5.74, 6) is 0.176. The first-order valence-electron chi connectivity index (χ1n) is 6.47. The van der Waals surface area contributed by atoms with Crippen LogP contribution in [0, 0.1) is 12.7 Å². The number of nitrogens with two attached hydrogens (primary N) is 1. The molecule has 20 heavy (non-hydrogen) atoms. The van der Waals surface area contributed by atoms with Gasteiger partial charge in [-0.15, -0.1) is 0 Å². The normalized spacial score (nSPS) is 12.4. The average molecular weight is 294 g/mol. The predicted molar refractivity (Wildman–Crippen MR) is 78.3 cm³/mol. The molecule has 1 atom stereocenters. The summed E-state index contributed by atoms with van der Waals surface area (Å²) in [6, 6.07) is 6.87. The van der Waals surface area contributed by atoms with Crippen LogP contribution in [-0.2, 0) is 12.8 Å². The molecule has 0 aliphatic rings. The van der Waals surface area contributed by atoms with E-state index in [1.807, 2.05) is 19.9 Å². The zero-order chi connectivity index (χ0) is 14.7. The summed E-state index contributed by atoms with van der Waals surface area (Å²) >= 11 is 5.78. The molecular weight excluding hydrogens is 277 g/mol. The Bertz CT molecular complexity index is 614. The highest BCUT2D eigenvalue weighted by Crippen LogP contribution is 2.19. The molecule has 0 saturated heterocycles. The highest BCUT2D eigenvalue weighted by molar-refractivity contribution is 6.30. The Morgan fingerprint density at radius 3 is 2.80 bits per heavy atom. The highest BCUT2D eigenvalue weighted by atomic mass is 35.5. The number of nitrogens with zero attached hydrogens (tertiary/aromatic N) is 2. The Labute approximate surface area is 123 Å². The van der Waals surface area contributed by atoms with E-state index in [4.69, 9.17) is 17.3 Å². The van der Waals surface area contributed by atoms with Crippen LogP contribution in [0.5, 0.6) is 0 Å². The fourth-order valence-corrected chi connectivity index (χ4v) is 2.26. The van der Waals surface area contributed by atoms with Gasteiger partial charge in [-0.1, -0.05) is 23.7 Å². The van der Waals surface area contributed by atoms with E-state index in [-0.39, 0.29) is 11.1 Å². The van der Waals surface area contributed by atoms with Crippen LogP contribution >= 0.6 is 11.6 Å². The Morgan fingerprint density at radius 2 is 2.10 bits per heavy atom. The van der Waals surface area contributed by atoms with Crippen LogP contribution < -0.4 is 5.73 Å². The van der Waals surface area contributed by atoms with Crippen molar-refractivity contribution in [2.45, 2.75) is 32.7 Å². The van der Waals surface area contributed by atoms with E-state index in [2.05, 4.69) is 9.97 Å². The van der Waals surface area contributed by atoms with Gasteiger partial charge in [0.15, 0.2) is 0 Å². The van der Waals surface area contributed by atoms with Gasteiger partial charge in [0.1, 0.15) is 11.6 Å². The van der Waals surface area contributed by atoms with Gasteiger partial charge in [-0.3, -0.25) is 0 Å². The summed E-state index contributed by atoms with van der Waals surface area (Å²) in [7, 11) is 0. The van der Waals surface area contributed by atoms with Gasteiger partial charge in [0, 0.05) is 30.3 Å². The van der Waals surface area contributed by atoms with Crippen LogP contribution in [0.4, 0.5) is 4.39 Å². The smallest absolute Gasteiger partial charge is 0.145 e. The van der Waals surface area contributed by atoms with Crippen molar-refractivity contribution in [3.05, 3.63) is 57.9 Å². The summed E-state index contributed by atoms with van der Waals surface area (Å²) in [5.41, 5.74) is 8.01. The quantitative estimate of drug-likeness (QED) is 0.942. The molecule has 1 unspecified atom stereocenters. The Kier molecular flexibility index (Phi) is 4.68. The topological polar surface area (TPSA) is 51.8 Å². The molecule has 2 rings (SSSR count). The Morgan fingerprint density at radius 1 is 1.35 bits per heavy atom. The first kappa shape index (κ1) is 14.9. The lowest BCUT2D eigenvalue weighted by Gasteiger charge is -2.09. The van der Waals surface area contributed by atoms with Crippen molar-refractivity contribution in [2.24, 2.45) is 5.73 Å². The number of hydrogen-bond acceptors (Lipinski definition) is 3. The molecule has 5 heteroatoms. The monoisotopic (exact) mass is 293 g/mol. The van der Waals surface area contributed by atoms with Crippen molar-refractivity contribution in [2.75, 3.05) is 0 Å². The number of hydrogen-bond donors (Lipinski definition) is 1. The van der Waals surface area contributed by atoms with Crippen LogP contribution in [0.15, 0.2) is 24.3 Å². The molecule has 0 aliphatic carbocycles. The minimum Gasteiger partial charge on any atom is -0.328 e. The van der Waals surface area contributed by atoms with Gasteiger partial charge in [0.25, 0.3) is 0 Å². The van der Waals surface area contributed by atoms with E-state index in [1.54, 1.807) is 12.1 Å². The van der Waals surface area contributed by atoms with E-state index in [0.717, 1.165) is 11.4 Å². The fraction of sp³-hybridized carbons (Fsp3) is 0.333. The molecule has 0 spiro atoms. The molecule has 0 radical (unpaired) electrons. The number of aryl methyl sites for hydroxylation is 1. The van der Waals surface area contributed by atoms with Crippen molar-refractivity contribution < 1.29 is 4.39 Å². The van der Waals surface area contributed by atoms with Crippen LogP contribution in [0.2, 0.25) is 5.02 Å². The first-order chi connectivity index (χ1) is 9.45. The molecular formula is C15H17ClFN3. The third-order valence-electron chi connectivity index (χ3n) is 2.86. The van der Waals surface area contributed by atoms with E-state index in [9.17, 15) is 4.39 Å². The van der Waals surface area contributed by atoms with Crippen LogP contribution in [-0.4, -0.2) is 16.0 Å². The average Bonchev–Trinajstić information content (AvgIpc) is 2.33. The highest BCUT2D eigenvalue weighted by Gasteiger charge is 2.10. The summed E-state index contributed by atoms with van der Waals surface area (Å²) in [6.45, 7) is 3.82. The molecule has 2 N–H and O–H groups in total. The van der Waals surface area contributed by atoms with Crippen molar-refractivity contribution >= 4 is 11.6 Å². The number of halogens is 2. The van der Waals surface area contributed by atoms with Crippen LogP contribution in [0.3, 0.4) is 0 Å². The molecule has 106 valence electrons. The second-order valence-electron chi connectivity index (χ2n) is 4.99. The Balaban J connectivity index is 2.29. The molecule has 0 bridgehead atoms. The molecule has 1 aromatic carbocycles. The summed E-state index contributed by atoms with van der Waals surface area (Å²) < 4.78 is 13.9. The van der Waals surface area contributed by atoms with Gasteiger partial charge in [0.2, 0.25) is 0 Å². The molecule has 3 nitrogen and oxygen atoms in total. The summed E-state index contributed by atoms with van der Waals surface area (Å²) in [4.78, 5) is 8.78. The minimum absolute atomic E-state index is 0.0278. The van der Waals surface area contributed by atoms with Gasteiger partial charge in [-0.2, -0.15) is 0 Å². The van der Waals surface area contributed by atoms with E-state index < -0.39 is 5.82 Å². The van der Waals surface area contributed by atoms with Crippen molar-refractivity contribution in [1.82, 2.24) is 9.97 Å². The zero-order valence-corrected chi connectivity index (χ0v) is 12.3. The van der Waals surface area contributed by atoms with E-state index >= 15 is 0 Å². The Hall–Kier alpha value is -1.52. The lowest BCUT2D eigenvalue weighted by molar-refractivity contribution is 0.611. The molecule has 0 amide bonds. The molecule has 0 fully saturated rings. The van der Waals surface area contributed by atoms with Gasteiger partial charge in [0.05, 0.1) is 5.02 Å². The van der Waals surface area contributed by atoms with E-state index in [1.165, 1.54) is 6.07 Å². The maximum atomic E-state index is 13.9. The lowest BCUT2D eigenvalue weighted by Crippen LogP contribution is -2.19. The van der Waals surface area contributed by atoms with E-state index in [0.29, 0.717) is 24.2 Å². The molecule has 0 aliphatic heterocycles. The van der Waals surface area contributed by atoms with Gasteiger partial charge >= 0.3 is 0 Å². The van der Waals surface area contributed by atoms with Gasteiger partial charge < -0.3 is 5.73 Å². The summed E-state index contributed by atoms with van der Waals surface area (Å²) in [6.07, 6.45) is 0.994. The summed E-state index contributed by atoms with van der Waals surface area (Å²) in [5, 5.41) is 0.117. The largest absolute Gasteiger partial charge is 0.328 e. The van der Waals surface area contributed by atoms with Crippen LogP contribution in [0.1, 0.15) is 29.7 Å². The SMILES string of the molecule is Cc1cc(CC(C)N)nc(Cc2cccc(Cl)c2F)n1. The number of benzene rings is 1. The maximum Gasteiger partial charge on any atom is 0.145 e. The number of rotatable bonds is 4. The lowest BCUT2D eigenvalue weighted by atomic mass is 10.1. The van der Waals surface area contributed by atoms with Crippen molar-refractivity contribution in [3.63, 3.8) is 0 Å². The van der Waals surface area contributed by atoms with Crippen molar-refractivity contribution in [1.29, 1.82) is 0 Å². The molecule has 0 saturated carbocycles. The van der Waals surface area contributed by atoms with Crippen molar-refractivity contribution in [3.8, 4) is 0 Å². The maximum absolute atomic E-state index is 13.9. The van der Waals surface area contributed by atoms with Crippen LogP contribution in [0.25, 0.3) is 0 Å². The predicted octanol–water partition coefficient (Wildman–Crippen LogP) is 3.06. The number of aromatic nitrogens is 2. The third kappa shape index (κ3) is 3.74. The fourth-order valence-electron chi connectivity index (χ4n) is 2.07. The molecule has 1 aromatic heterocycles. The standard InChI is InChI=1S/C15H17ClFN3/c1-9(18)6-12-7-10(2)19-14(20-12)8-11-4-3-5-13(16)15(11)17/h3-5,7,9H,6,8,18H2,1-2H3. The van der Waals surface area contributed by atoms with Gasteiger partial charge in [-0.05, 0) is 31.5 Å². The third-order valence-corrected chi connectivity index (χ3v) is 3.16. The second-order valence-corrected chi connectivity index (χ2v) is 5.40. The second kappa shape index (κ2) is 6.29.